The summed E-state index contributed by atoms with van der Waals surface area (Å²) in [7, 11) is 0. The summed E-state index contributed by atoms with van der Waals surface area (Å²) in [6.45, 7) is 9.55. The van der Waals surface area contributed by atoms with Crippen molar-refractivity contribution in [2.75, 3.05) is 0 Å². The molecular formula is C37H32FIrN2O2-. The normalized spacial score (nSPS) is 11.6. The molecule has 0 saturated heterocycles. The van der Waals surface area contributed by atoms with E-state index in [0.29, 0.717) is 5.56 Å². The van der Waals surface area contributed by atoms with Crippen molar-refractivity contribution in [1.29, 1.82) is 0 Å². The molecule has 1 N–H and O–H groups in total. The smallest absolute Gasteiger partial charge is 0.155 e. The number of hydrogen-bond donors (Lipinski definition) is 1. The van der Waals surface area contributed by atoms with Gasteiger partial charge < -0.3 is 5.11 Å². The Hall–Kier alpha value is -4.25. The van der Waals surface area contributed by atoms with E-state index in [9.17, 15) is 9.18 Å². The average Bonchev–Trinajstić information content (AvgIpc) is 2.95. The molecule has 0 unspecified atom stereocenters. The molecule has 0 aliphatic heterocycles. The van der Waals surface area contributed by atoms with Gasteiger partial charge in [-0.2, -0.15) is 0 Å². The largest absolute Gasteiger partial charge is 0.512 e. The maximum atomic E-state index is 14.4. The predicted octanol–water partition coefficient (Wildman–Crippen LogP) is 9.54. The standard InChI is InChI=1S/C32H24FN2.C5H8O2.Ir/c1-32(2,3)28-17-22(16-20-8-4-5-9-23(20)28)31-27-19-35-30-18-21(24-10-6-7-11-29(24)33)12-13-26(30)25(27)14-15-34-31;1-4(6)3-5(2)7;/h4-15,17-19H,1-3H3;3,6H,1-2H3;/q-1;;/b;4-3-;. The van der Waals surface area contributed by atoms with Crippen molar-refractivity contribution in [3.63, 3.8) is 0 Å². The van der Waals surface area contributed by atoms with Crippen LogP contribution in [0.3, 0.4) is 0 Å². The summed E-state index contributed by atoms with van der Waals surface area (Å²) >= 11 is 0. The quantitative estimate of drug-likeness (QED) is 0.0849. The second-order valence-corrected chi connectivity index (χ2v) is 11.4. The third-order valence-electron chi connectivity index (χ3n) is 7.05. The number of fused-ring (bicyclic) bond motifs is 4. The van der Waals surface area contributed by atoms with Crippen LogP contribution in [0.15, 0.2) is 103 Å². The van der Waals surface area contributed by atoms with Crippen LogP contribution in [0.4, 0.5) is 4.39 Å². The molecule has 0 atom stereocenters. The first-order valence-corrected chi connectivity index (χ1v) is 13.8. The Kier molecular flexibility index (Phi) is 9.54. The van der Waals surface area contributed by atoms with Gasteiger partial charge in [-0.05, 0) is 53.8 Å². The first-order valence-electron chi connectivity index (χ1n) is 13.8. The van der Waals surface area contributed by atoms with Gasteiger partial charge in [0.05, 0.1) is 11.3 Å². The van der Waals surface area contributed by atoms with Crippen LogP contribution in [0.5, 0.6) is 0 Å². The molecular weight excluding hydrogens is 716 g/mol. The molecule has 2 heterocycles. The molecule has 6 rings (SSSR count). The van der Waals surface area contributed by atoms with Crippen molar-refractivity contribution in [2.24, 2.45) is 0 Å². The molecule has 0 fully saturated rings. The van der Waals surface area contributed by atoms with Crippen LogP contribution in [0.2, 0.25) is 0 Å². The number of benzene rings is 4. The minimum atomic E-state index is -0.236. The zero-order chi connectivity index (χ0) is 30.0. The molecule has 219 valence electrons. The topological polar surface area (TPSA) is 63.1 Å². The van der Waals surface area contributed by atoms with Gasteiger partial charge in [0, 0.05) is 55.2 Å². The van der Waals surface area contributed by atoms with Gasteiger partial charge >= 0.3 is 0 Å². The van der Waals surface area contributed by atoms with E-state index >= 15 is 0 Å². The number of carbonyl (C=O) groups is 1. The number of allylic oxidation sites excluding steroid dienone is 2. The van der Waals surface area contributed by atoms with E-state index in [4.69, 9.17) is 15.1 Å². The molecule has 0 amide bonds. The fourth-order valence-corrected chi connectivity index (χ4v) is 5.19. The van der Waals surface area contributed by atoms with E-state index in [-0.39, 0.29) is 42.9 Å². The molecule has 2 aromatic heterocycles. The predicted molar refractivity (Wildman–Crippen MR) is 170 cm³/mol. The van der Waals surface area contributed by atoms with Crippen molar-refractivity contribution in [1.82, 2.24) is 9.97 Å². The number of aliphatic hydroxyl groups is 1. The molecule has 1 radical (unpaired) electrons. The number of carbonyl (C=O) groups excluding carboxylic acids is 1. The number of aromatic nitrogens is 2. The third kappa shape index (κ3) is 6.88. The van der Waals surface area contributed by atoms with Crippen LogP contribution < -0.4 is 0 Å². The summed E-state index contributed by atoms with van der Waals surface area (Å²) in [5, 5.41) is 13.7. The van der Waals surface area contributed by atoms with Crippen molar-refractivity contribution in [3.8, 4) is 22.4 Å². The molecule has 0 aliphatic carbocycles. The number of nitrogens with zero attached hydrogens (tertiary/aromatic N) is 2. The number of halogens is 1. The Balaban J connectivity index is 0.000000475. The molecule has 0 spiro atoms. The second kappa shape index (κ2) is 12.9. The van der Waals surface area contributed by atoms with Gasteiger partial charge in [0.2, 0.25) is 0 Å². The minimum absolute atomic E-state index is 0. The Morgan fingerprint density at radius 2 is 1.58 bits per heavy atom. The number of rotatable bonds is 3. The van der Waals surface area contributed by atoms with Crippen LogP contribution in [0, 0.1) is 11.9 Å². The maximum Gasteiger partial charge on any atom is 0.155 e. The van der Waals surface area contributed by atoms with Gasteiger partial charge in [-0.1, -0.05) is 80.3 Å². The van der Waals surface area contributed by atoms with Gasteiger partial charge in [-0.25, -0.2) is 4.39 Å². The molecule has 4 aromatic carbocycles. The third-order valence-corrected chi connectivity index (χ3v) is 7.05. The van der Waals surface area contributed by atoms with E-state index in [1.807, 2.05) is 48.8 Å². The fourth-order valence-electron chi connectivity index (χ4n) is 5.19. The van der Waals surface area contributed by atoms with E-state index in [1.165, 1.54) is 36.9 Å². The summed E-state index contributed by atoms with van der Waals surface area (Å²) in [4.78, 5) is 19.6. The summed E-state index contributed by atoms with van der Waals surface area (Å²) in [5.41, 5.74) is 5.29. The van der Waals surface area contributed by atoms with Crippen molar-refractivity contribution in [2.45, 2.75) is 40.0 Å². The number of aliphatic hydroxyl groups excluding tert-OH is 1. The van der Waals surface area contributed by atoms with E-state index in [2.05, 4.69) is 51.1 Å². The molecule has 4 nitrogen and oxygen atoms in total. The van der Waals surface area contributed by atoms with Crippen LogP contribution in [-0.2, 0) is 30.3 Å². The Bertz CT molecular complexity index is 1990. The zero-order valence-electron chi connectivity index (χ0n) is 24.7. The van der Waals surface area contributed by atoms with Crippen molar-refractivity contribution >= 4 is 38.2 Å². The van der Waals surface area contributed by atoms with Crippen LogP contribution >= 0.6 is 0 Å². The molecule has 43 heavy (non-hydrogen) atoms. The molecule has 0 bridgehead atoms. The average molecular weight is 748 g/mol. The van der Waals surface area contributed by atoms with E-state index in [0.717, 1.165) is 43.9 Å². The van der Waals surface area contributed by atoms with E-state index in [1.54, 1.807) is 12.1 Å². The monoisotopic (exact) mass is 748 g/mol. The number of ketones is 1. The Morgan fingerprint density at radius 1 is 0.860 bits per heavy atom. The van der Waals surface area contributed by atoms with Gasteiger partial charge in [0.15, 0.2) is 5.78 Å². The number of hydrogen-bond acceptors (Lipinski definition) is 4. The molecule has 0 aliphatic rings. The summed E-state index contributed by atoms with van der Waals surface area (Å²) < 4.78 is 14.4. The van der Waals surface area contributed by atoms with Gasteiger partial charge in [-0.15, -0.1) is 29.1 Å². The second-order valence-electron chi connectivity index (χ2n) is 11.4. The summed E-state index contributed by atoms with van der Waals surface area (Å²) in [6, 6.07) is 29.0. The van der Waals surface area contributed by atoms with Gasteiger partial charge in [0.25, 0.3) is 0 Å². The van der Waals surface area contributed by atoms with Crippen LogP contribution in [0.25, 0.3) is 54.8 Å². The Morgan fingerprint density at radius 3 is 2.26 bits per heavy atom. The molecule has 6 aromatic rings. The van der Waals surface area contributed by atoms with Crippen LogP contribution in [-0.4, -0.2) is 20.9 Å². The van der Waals surface area contributed by atoms with Crippen molar-refractivity contribution < 1.29 is 34.4 Å². The number of pyridine rings is 2. The van der Waals surface area contributed by atoms with Gasteiger partial charge in [-0.3, -0.25) is 14.8 Å². The van der Waals surface area contributed by atoms with Crippen LogP contribution in [0.1, 0.15) is 40.2 Å². The Labute approximate surface area is 264 Å². The van der Waals surface area contributed by atoms with Crippen molar-refractivity contribution in [3.05, 3.63) is 121 Å². The first-order chi connectivity index (χ1) is 20.0. The maximum absolute atomic E-state index is 14.4. The summed E-state index contributed by atoms with van der Waals surface area (Å²) in [6.07, 6.45) is 4.90. The molecule has 6 heteroatoms. The SMILES string of the molecule is CC(=O)/C=C(/C)O.CC(C)(C)c1cc(-c2nccc3c2cnc2cc(-c4ccccc4F)ccc23)[c-]c2ccccc12.[Ir]. The minimum Gasteiger partial charge on any atom is -0.512 e. The molecule has 0 saturated carbocycles. The fraction of sp³-hybridized carbons (Fsp3) is 0.162. The summed E-state index contributed by atoms with van der Waals surface area (Å²) in [5.74, 6) is -0.298. The first kappa shape index (κ1) is 31.7. The zero-order valence-corrected chi connectivity index (χ0v) is 27.1. The van der Waals surface area contributed by atoms with E-state index < -0.39 is 0 Å². The van der Waals surface area contributed by atoms with Gasteiger partial charge in [0.1, 0.15) is 5.82 Å².